The molecule has 0 unspecified atom stereocenters. The van der Waals surface area contributed by atoms with Crippen molar-refractivity contribution in [2.24, 2.45) is 0 Å². The van der Waals surface area contributed by atoms with Crippen LogP contribution in [0, 0.1) is 12.7 Å². The van der Waals surface area contributed by atoms with Gasteiger partial charge in [0.15, 0.2) is 5.13 Å². The van der Waals surface area contributed by atoms with Crippen LogP contribution in [0.1, 0.15) is 22.3 Å². The second kappa shape index (κ2) is 8.93. The number of nitrogens with zero attached hydrogens (tertiary/aromatic N) is 3. The predicted molar refractivity (Wildman–Crippen MR) is 102 cm³/mol. The van der Waals surface area contributed by atoms with Gasteiger partial charge in [0, 0.05) is 5.56 Å². The normalized spacial score (nSPS) is 10.7. The molecular weight excluding hydrogens is 407 g/mol. The molecule has 3 rings (SSSR count). The van der Waals surface area contributed by atoms with Gasteiger partial charge in [-0.05, 0) is 38.1 Å². The summed E-state index contributed by atoms with van der Waals surface area (Å²) in [6, 6.07) is 5.63. The van der Waals surface area contributed by atoms with Gasteiger partial charge in [-0.1, -0.05) is 23.1 Å². The SMILES string of the molecule is CCOC(=O)c1sc(NC(=O)CSc2nnc(-c3ccc(F)cc3)o2)nc1C. The van der Waals surface area contributed by atoms with Crippen LogP contribution in [0.4, 0.5) is 9.52 Å². The molecule has 146 valence electrons. The third-order valence-corrected chi connectivity index (χ3v) is 5.20. The lowest BCUT2D eigenvalue weighted by atomic mass is 10.2. The molecule has 0 aliphatic carbocycles. The fourth-order valence-corrected chi connectivity index (χ4v) is 3.54. The smallest absolute Gasteiger partial charge is 0.350 e. The Bertz CT molecular complexity index is 987. The van der Waals surface area contributed by atoms with Crippen molar-refractivity contribution < 1.29 is 23.1 Å². The number of nitrogens with one attached hydrogen (secondary N) is 1. The Balaban J connectivity index is 1.56. The number of thiazole rings is 1. The summed E-state index contributed by atoms with van der Waals surface area (Å²) in [6.07, 6.45) is 0. The van der Waals surface area contributed by atoms with Gasteiger partial charge in [-0.2, -0.15) is 0 Å². The Morgan fingerprint density at radius 1 is 1.29 bits per heavy atom. The molecule has 2 heterocycles. The van der Waals surface area contributed by atoms with E-state index in [1.807, 2.05) is 0 Å². The summed E-state index contributed by atoms with van der Waals surface area (Å²) in [7, 11) is 0. The number of thioether (sulfide) groups is 1. The Labute approximate surface area is 167 Å². The van der Waals surface area contributed by atoms with Gasteiger partial charge >= 0.3 is 5.97 Å². The number of halogens is 1. The molecular formula is C17H15FN4O4S2. The first-order chi connectivity index (χ1) is 13.5. The van der Waals surface area contributed by atoms with Crippen LogP contribution >= 0.6 is 23.1 Å². The zero-order valence-electron chi connectivity index (χ0n) is 14.9. The maximum absolute atomic E-state index is 13.0. The molecule has 1 N–H and O–H groups in total. The molecule has 0 aliphatic rings. The summed E-state index contributed by atoms with van der Waals surface area (Å²) >= 11 is 2.10. The zero-order chi connectivity index (χ0) is 20.1. The molecule has 0 radical (unpaired) electrons. The van der Waals surface area contributed by atoms with Crippen molar-refractivity contribution in [3.63, 3.8) is 0 Å². The standard InChI is InChI=1S/C17H15FN4O4S2/c1-3-25-15(24)13-9(2)19-16(28-13)20-12(23)8-27-17-22-21-14(26-17)10-4-6-11(18)7-5-10/h4-7H,3,8H2,1-2H3,(H,19,20,23). The van der Waals surface area contributed by atoms with E-state index in [1.165, 1.54) is 24.3 Å². The highest BCUT2D eigenvalue weighted by Gasteiger charge is 2.18. The highest BCUT2D eigenvalue weighted by atomic mass is 32.2. The highest BCUT2D eigenvalue weighted by molar-refractivity contribution is 7.99. The number of hydrogen-bond donors (Lipinski definition) is 1. The third kappa shape index (κ3) is 4.93. The van der Waals surface area contributed by atoms with E-state index < -0.39 is 5.97 Å². The average Bonchev–Trinajstić information content (AvgIpc) is 3.27. The maximum Gasteiger partial charge on any atom is 0.350 e. The van der Waals surface area contributed by atoms with Crippen molar-refractivity contribution >= 4 is 40.1 Å². The molecule has 0 bridgehead atoms. The largest absolute Gasteiger partial charge is 0.462 e. The number of hydrogen-bond acceptors (Lipinski definition) is 9. The van der Waals surface area contributed by atoms with E-state index >= 15 is 0 Å². The number of carbonyl (C=O) groups excluding carboxylic acids is 2. The molecule has 0 aliphatic heterocycles. The average molecular weight is 422 g/mol. The van der Waals surface area contributed by atoms with Crippen LogP contribution in [-0.4, -0.2) is 39.4 Å². The van der Waals surface area contributed by atoms with Gasteiger partial charge in [-0.25, -0.2) is 14.2 Å². The number of benzene rings is 1. The van der Waals surface area contributed by atoms with Gasteiger partial charge in [-0.15, -0.1) is 10.2 Å². The van der Waals surface area contributed by atoms with Gasteiger partial charge in [0.05, 0.1) is 18.1 Å². The number of esters is 1. The Morgan fingerprint density at radius 2 is 2.04 bits per heavy atom. The van der Waals surface area contributed by atoms with E-state index in [4.69, 9.17) is 9.15 Å². The van der Waals surface area contributed by atoms with Crippen LogP contribution in [0.25, 0.3) is 11.5 Å². The molecule has 0 spiro atoms. The number of amides is 1. The van der Waals surface area contributed by atoms with Crippen molar-refractivity contribution in [3.8, 4) is 11.5 Å². The van der Waals surface area contributed by atoms with E-state index in [1.54, 1.807) is 13.8 Å². The minimum absolute atomic E-state index is 0.0123. The summed E-state index contributed by atoms with van der Waals surface area (Å²) in [5, 5.41) is 10.9. The first kappa shape index (κ1) is 20.0. The Kier molecular flexibility index (Phi) is 6.37. The van der Waals surface area contributed by atoms with Gasteiger partial charge in [-0.3, -0.25) is 4.79 Å². The lowest BCUT2D eigenvalue weighted by molar-refractivity contribution is -0.113. The summed E-state index contributed by atoms with van der Waals surface area (Å²) < 4.78 is 23.4. The molecule has 0 atom stereocenters. The quantitative estimate of drug-likeness (QED) is 0.455. The van der Waals surface area contributed by atoms with Crippen molar-refractivity contribution in [1.29, 1.82) is 0 Å². The lowest BCUT2D eigenvalue weighted by Gasteiger charge is -1.99. The highest BCUT2D eigenvalue weighted by Crippen LogP contribution is 2.25. The topological polar surface area (TPSA) is 107 Å². The number of carbonyl (C=O) groups is 2. The molecule has 1 amide bonds. The maximum atomic E-state index is 13.0. The fourth-order valence-electron chi connectivity index (χ4n) is 2.10. The number of ether oxygens (including phenoxy) is 1. The molecule has 2 aromatic heterocycles. The molecule has 1 aromatic carbocycles. The van der Waals surface area contributed by atoms with E-state index in [2.05, 4.69) is 20.5 Å². The Morgan fingerprint density at radius 3 is 2.75 bits per heavy atom. The van der Waals surface area contributed by atoms with Crippen LogP contribution < -0.4 is 5.32 Å². The lowest BCUT2D eigenvalue weighted by Crippen LogP contribution is -2.13. The molecule has 0 saturated carbocycles. The first-order valence-corrected chi connectivity index (χ1v) is 9.93. The van der Waals surface area contributed by atoms with Crippen LogP contribution in [0.5, 0.6) is 0 Å². The van der Waals surface area contributed by atoms with Crippen molar-refractivity contribution in [2.75, 3.05) is 17.7 Å². The zero-order valence-corrected chi connectivity index (χ0v) is 16.5. The van der Waals surface area contributed by atoms with E-state index in [0.29, 0.717) is 21.3 Å². The number of anilines is 1. The number of aryl methyl sites for hydroxylation is 1. The van der Waals surface area contributed by atoms with Crippen molar-refractivity contribution in [1.82, 2.24) is 15.2 Å². The van der Waals surface area contributed by atoms with Crippen LogP contribution in [0.2, 0.25) is 0 Å². The molecule has 3 aromatic rings. The Hall–Kier alpha value is -2.79. The van der Waals surface area contributed by atoms with E-state index in [-0.39, 0.29) is 35.2 Å². The first-order valence-electron chi connectivity index (χ1n) is 8.13. The summed E-state index contributed by atoms with van der Waals surface area (Å²) in [5.41, 5.74) is 1.07. The van der Waals surface area contributed by atoms with E-state index in [9.17, 15) is 14.0 Å². The van der Waals surface area contributed by atoms with Crippen molar-refractivity contribution in [2.45, 2.75) is 19.1 Å². The van der Waals surface area contributed by atoms with Crippen LogP contribution in [-0.2, 0) is 9.53 Å². The van der Waals surface area contributed by atoms with E-state index in [0.717, 1.165) is 23.1 Å². The molecule has 0 saturated heterocycles. The molecule has 28 heavy (non-hydrogen) atoms. The van der Waals surface area contributed by atoms with Crippen molar-refractivity contribution in [3.05, 3.63) is 40.7 Å². The molecule has 8 nitrogen and oxygen atoms in total. The monoisotopic (exact) mass is 422 g/mol. The van der Waals surface area contributed by atoms with Gasteiger partial charge < -0.3 is 14.5 Å². The minimum Gasteiger partial charge on any atom is -0.462 e. The second-order valence-electron chi connectivity index (χ2n) is 5.37. The van der Waals surface area contributed by atoms with Crippen LogP contribution in [0.3, 0.4) is 0 Å². The number of rotatable bonds is 7. The molecule has 0 fully saturated rings. The van der Waals surface area contributed by atoms with Crippen LogP contribution in [0.15, 0.2) is 33.9 Å². The minimum atomic E-state index is -0.466. The predicted octanol–water partition coefficient (Wildman–Crippen LogP) is 3.55. The molecule has 11 heteroatoms. The van der Waals surface area contributed by atoms with Gasteiger partial charge in [0.2, 0.25) is 11.8 Å². The summed E-state index contributed by atoms with van der Waals surface area (Å²) in [6.45, 7) is 3.65. The van der Waals surface area contributed by atoms with Gasteiger partial charge in [0.25, 0.3) is 5.22 Å². The summed E-state index contributed by atoms with van der Waals surface area (Å²) in [4.78, 5) is 28.4. The van der Waals surface area contributed by atoms with Gasteiger partial charge in [0.1, 0.15) is 10.7 Å². The second-order valence-corrected chi connectivity index (χ2v) is 7.30. The number of aromatic nitrogens is 3. The third-order valence-electron chi connectivity index (χ3n) is 3.33. The fraction of sp³-hybridized carbons (Fsp3) is 0.235. The summed E-state index contributed by atoms with van der Waals surface area (Å²) in [5.74, 6) is -0.920.